The summed E-state index contributed by atoms with van der Waals surface area (Å²) in [6.07, 6.45) is 0. The molecule has 1 aliphatic heterocycles. The lowest BCUT2D eigenvalue weighted by Crippen LogP contribution is -2.26. The summed E-state index contributed by atoms with van der Waals surface area (Å²) in [5.41, 5.74) is 2.82. The molecule has 0 bridgehead atoms. The van der Waals surface area contributed by atoms with Gasteiger partial charge in [0.05, 0.1) is 6.54 Å². The largest absolute Gasteiger partial charge is 0.302 e. The number of hydrogen-bond acceptors (Lipinski definition) is 5. The lowest BCUT2D eigenvalue weighted by Gasteiger charge is -2.25. The van der Waals surface area contributed by atoms with Gasteiger partial charge in [0.1, 0.15) is 0 Å². The first-order valence-electron chi connectivity index (χ1n) is 5.55. The zero-order chi connectivity index (χ0) is 11.5. The Morgan fingerprint density at radius 2 is 2.35 bits per heavy atom. The molecule has 0 fully saturated rings. The van der Waals surface area contributed by atoms with Gasteiger partial charge in [0, 0.05) is 17.5 Å². The minimum absolute atomic E-state index is 0.378. The normalized spacial score (nSPS) is 18.9. The van der Waals surface area contributed by atoms with Crippen molar-refractivity contribution in [1.29, 1.82) is 0 Å². The van der Waals surface area contributed by atoms with Crippen LogP contribution in [0.2, 0.25) is 0 Å². The van der Waals surface area contributed by atoms with Gasteiger partial charge >= 0.3 is 0 Å². The monoisotopic (exact) mass is 247 g/mol. The van der Waals surface area contributed by atoms with Crippen molar-refractivity contribution in [3.05, 3.63) is 41.2 Å². The van der Waals surface area contributed by atoms with Crippen LogP contribution >= 0.6 is 11.8 Å². The third kappa shape index (κ3) is 2.32. The first kappa shape index (κ1) is 10.7. The molecule has 1 aromatic carbocycles. The van der Waals surface area contributed by atoms with Crippen molar-refractivity contribution >= 4 is 11.8 Å². The van der Waals surface area contributed by atoms with E-state index in [0.717, 1.165) is 11.5 Å². The van der Waals surface area contributed by atoms with Crippen molar-refractivity contribution in [3.63, 3.8) is 0 Å². The van der Waals surface area contributed by atoms with Gasteiger partial charge in [0.2, 0.25) is 0 Å². The van der Waals surface area contributed by atoms with Crippen molar-refractivity contribution < 1.29 is 0 Å². The molecule has 0 amide bonds. The van der Waals surface area contributed by atoms with Crippen molar-refractivity contribution in [2.24, 2.45) is 0 Å². The van der Waals surface area contributed by atoms with Crippen LogP contribution in [0.25, 0.3) is 0 Å². The molecule has 3 rings (SSSR count). The fourth-order valence-corrected chi connectivity index (χ4v) is 3.16. The van der Waals surface area contributed by atoms with Crippen LogP contribution in [0.15, 0.2) is 24.3 Å². The Morgan fingerprint density at radius 1 is 1.41 bits per heavy atom. The van der Waals surface area contributed by atoms with Crippen molar-refractivity contribution in [1.82, 2.24) is 25.9 Å². The molecule has 6 heteroatoms. The van der Waals surface area contributed by atoms with E-state index in [4.69, 9.17) is 0 Å². The molecule has 1 unspecified atom stereocenters. The molecule has 0 aliphatic carbocycles. The molecule has 1 atom stereocenters. The number of aromatic nitrogens is 4. The molecule has 1 aliphatic rings. The molecule has 0 spiro atoms. The molecule has 17 heavy (non-hydrogen) atoms. The molecule has 0 saturated carbocycles. The maximum Gasteiger partial charge on any atom is 0.188 e. The number of benzene rings is 1. The van der Waals surface area contributed by atoms with Gasteiger partial charge in [-0.05, 0) is 11.1 Å². The highest BCUT2D eigenvalue weighted by Crippen LogP contribution is 2.31. The molecule has 5 nitrogen and oxygen atoms in total. The number of hydrogen-bond donors (Lipinski definition) is 2. The summed E-state index contributed by atoms with van der Waals surface area (Å²) in [5, 5.41) is 17.4. The van der Waals surface area contributed by atoms with Crippen LogP contribution in [-0.4, -0.2) is 26.4 Å². The van der Waals surface area contributed by atoms with Crippen LogP contribution in [-0.2, 0) is 12.3 Å². The fraction of sp³-hybridized carbons (Fsp3) is 0.364. The predicted molar refractivity (Wildman–Crippen MR) is 66.4 cm³/mol. The number of nitrogens with zero attached hydrogens (tertiary/aromatic N) is 3. The predicted octanol–water partition coefficient (Wildman–Crippen LogP) is 1.28. The maximum atomic E-state index is 3.94. The number of fused-ring (bicyclic) bond motifs is 1. The summed E-state index contributed by atoms with van der Waals surface area (Å²) in [7, 11) is 0. The van der Waals surface area contributed by atoms with E-state index in [9.17, 15) is 0 Å². The molecule has 0 radical (unpaired) electrons. The van der Waals surface area contributed by atoms with E-state index in [-0.39, 0.29) is 0 Å². The Hall–Kier alpha value is -1.40. The van der Waals surface area contributed by atoms with E-state index in [1.165, 1.54) is 11.1 Å². The zero-order valence-corrected chi connectivity index (χ0v) is 10.1. The highest BCUT2D eigenvalue weighted by molar-refractivity contribution is 7.98. The average Bonchev–Trinajstić information content (AvgIpc) is 2.89. The molecule has 0 saturated heterocycles. The first-order valence-corrected chi connectivity index (χ1v) is 6.70. The Morgan fingerprint density at radius 3 is 3.24 bits per heavy atom. The second-order valence-electron chi connectivity index (χ2n) is 3.98. The standard InChI is InChI=1S/C11H13N5S/c1-2-4-9-8(3-1)6-17-7-10(9)12-5-11-13-15-16-14-11/h1-4,10,12H,5-7H2,(H,13,14,15,16). The summed E-state index contributed by atoms with van der Waals surface area (Å²) in [5.74, 6) is 2.91. The SMILES string of the molecule is c1ccc2c(c1)CSCC2NCc1nn[nH]n1. The Kier molecular flexibility index (Phi) is 3.06. The number of H-pyrrole nitrogens is 1. The van der Waals surface area contributed by atoms with E-state index in [2.05, 4.69) is 50.2 Å². The minimum Gasteiger partial charge on any atom is -0.302 e. The summed E-state index contributed by atoms with van der Waals surface area (Å²) < 4.78 is 0. The van der Waals surface area contributed by atoms with Crippen molar-refractivity contribution in [2.75, 3.05) is 5.75 Å². The third-order valence-corrected chi connectivity index (χ3v) is 3.95. The average molecular weight is 247 g/mol. The van der Waals surface area contributed by atoms with Gasteiger partial charge in [-0.1, -0.05) is 29.5 Å². The van der Waals surface area contributed by atoms with Crippen LogP contribution in [0.3, 0.4) is 0 Å². The molecule has 2 heterocycles. The smallest absolute Gasteiger partial charge is 0.188 e. The topological polar surface area (TPSA) is 66.5 Å². The van der Waals surface area contributed by atoms with Crippen LogP contribution in [0, 0.1) is 0 Å². The van der Waals surface area contributed by atoms with Crippen LogP contribution in [0.5, 0.6) is 0 Å². The number of tetrazole rings is 1. The summed E-state index contributed by atoms with van der Waals surface area (Å²) in [6.45, 7) is 0.649. The Balaban J connectivity index is 1.72. The zero-order valence-electron chi connectivity index (χ0n) is 9.26. The van der Waals surface area contributed by atoms with Gasteiger partial charge in [-0.3, -0.25) is 0 Å². The van der Waals surface area contributed by atoms with Gasteiger partial charge in [0.25, 0.3) is 0 Å². The minimum atomic E-state index is 0.378. The fourth-order valence-electron chi connectivity index (χ4n) is 2.02. The Labute approximate surface area is 103 Å². The molecule has 2 N–H and O–H groups in total. The van der Waals surface area contributed by atoms with Gasteiger partial charge in [0.15, 0.2) is 5.82 Å². The quantitative estimate of drug-likeness (QED) is 0.855. The second kappa shape index (κ2) is 4.85. The molecule has 88 valence electrons. The molecular weight excluding hydrogens is 234 g/mol. The van der Waals surface area contributed by atoms with Gasteiger partial charge in [-0.25, -0.2) is 0 Å². The van der Waals surface area contributed by atoms with Crippen LogP contribution < -0.4 is 5.32 Å². The number of thioether (sulfide) groups is 1. The lowest BCUT2D eigenvalue weighted by molar-refractivity contribution is 0.560. The molecular formula is C11H13N5S. The molecule has 2 aromatic rings. The highest BCUT2D eigenvalue weighted by atomic mass is 32.2. The number of rotatable bonds is 3. The second-order valence-corrected chi connectivity index (χ2v) is 5.01. The number of nitrogens with one attached hydrogen (secondary N) is 2. The summed E-state index contributed by atoms with van der Waals surface area (Å²) in [4.78, 5) is 0. The van der Waals surface area contributed by atoms with E-state index in [1.807, 2.05) is 11.8 Å². The Bertz CT molecular complexity index is 484. The summed E-state index contributed by atoms with van der Waals surface area (Å²) in [6, 6.07) is 8.97. The van der Waals surface area contributed by atoms with Gasteiger partial charge < -0.3 is 5.32 Å². The lowest BCUT2D eigenvalue weighted by atomic mass is 10.0. The van der Waals surface area contributed by atoms with Crippen LogP contribution in [0.4, 0.5) is 0 Å². The van der Waals surface area contributed by atoms with E-state index in [1.54, 1.807) is 0 Å². The highest BCUT2D eigenvalue weighted by Gasteiger charge is 2.19. The third-order valence-electron chi connectivity index (χ3n) is 2.87. The maximum absolute atomic E-state index is 3.94. The molecule has 1 aromatic heterocycles. The van der Waals surface area contributed by atoms with E-state index in [0.29, 0.717) is 18.4 Å². The van der Waals surface area contributed by atoms with Crippen molar-refractivity contribution in [3.8, 4) is 0 Å². The first-order chi connectivity index (χ1) is 8.43. The van der Waals surface area contributed by atoms with E-state index >= 15 is 0 Å². The van der Waals surface area contributed by atoms with Crippen LogP contribution in [0.1, 0.15) is 23.0 Å². The van der Waals surface area contributed by atoms with E-state index < -0.39 is 0 Å². The number of aromatic amines is 1. The van der Waals surface area contributed by atoms with Crippen molar-refractivity contribution in [2.45, 2.75) is 18.3 Å². The van der Waals surface area contributed by atoms with Gasteiger partial charge in [-0.2, -0.15) is 17.0 Å². The van der Waals surface area contributed by atoms with Gasteiger partial charge in [-0.15, -0.1) is 10.2 Å². The summed E-state index contributed by atoms with van der Waals surface area (Å²) >= 11 is 1.96.